The summed E-state index contributed by atoms with van der Waals surface area (Å²) in [6.07, 6.45) is 1.23. The van der Waals surface area contributed by atoms with E-state index in [9.17, 15) is 18.0 Å². The predicted molar refractivity (Wildman–Crippen MR) is 102 cm³/mol. The van der Waals surface area contributed by atoms with E-state index in [0.717, 1.165) is 10.7 Å². The molecule has 9 nitrogen and oxygen atoms in total. The standard InChI is InChI=1S/C16H23N3O6S.ClH/c1-18(2)26(23,24)14-9-11(6-7-13(14)25-3)17-15(20)10-19-8-4-5-12(19)16(21)22;/h6-7,9,12H,4-5,8,10H2,1-3H3,(H,17,20)(H,21,22);1H/t12-;/m0./s1. The number of likely N-dealkylation sites (tertiary alicyclic amines) is 1. The van der Waals surface area contributed by atoms with E-state index in [1.54, 1.807) is 4.90 Å². The van der Waals surface area contributed by atoms with Crippen molar-refractivity contribution >= 4 is 40.0 Å². The van der Waals surface area contributed by atoms with Gasteiger partial charge in [0.25, 0.3) is 0 Å². The van der Waals surface area contributed by atoms with Gasteiger partial charge in [-0.2, -0.15) is 0 Å². The highest BCUT2D eigenvalue weighted by atomic mass is 35.5. The number of benzene rings is 1. The summed E-state index contributed by atoms with van der Waals surface area (Å²) in [7, 11) is 0.416. The first kappa shape index (κ1) is 23.2. The van der Waals surface area contributed by atoms with E-state index < -0.39 is 27.9 Å². The van der Waals surface area contributed by atoms with Crippen LogP contribution in [0.2, 0.25) is 0 Å². The van der Waals surface area contributed by atoms with Gasteiger partial charge in [0.15, 0.2) is 0 Å². The number of nitrogens with zero attached hydrogens (tertiary/aromatic N) is 2. The number of nitrogens with one attached hydrogen (secondary N) is 1. The number of anilines is 1. The van der Waals surface area contributed by atoms with Gasteiger partial charge in [-0.05, 0) is 37.6 Å². The number of ether oxygens (including phenoxy) is 1. The number of carboxylic acid groups (broad SMARTS) is 1. The maximum Gasteiger partial charge on any atom is 0.320 e. The van der Waals surface area contributed by atoms with E-state index >= 15 is 0 Å². The second-order valence-electron chi connectivity index (χ2n) is 6.17. The molecule has 1 amide bonds. The number of hydrogen-bond acceptors (Lipinski definition) is 6. The molecule has 0 radical (unpaired) electrons. The number of rotatable bonds is 7. The van der Waals surface area contributed by atoms with Gasteiger partial charge in [0.05, 0.1) is 13.7 Å². The fourth-order valence-corrected chi connectivity index (χ4v) is 3.91. The van der Waals surface area contributed by atoms with Gasteiger partial charge in [-0.1, -0.05) is 0 Å². The van der Waals surface area contributed by atoms with Crippen molar-refractivity contribution in [3.63, 3.8) is 0 Å². The van der Waals surface area contributed by atoms with Crippen LogP contribution < -0.4 is 10.1 Å². The first-order chi connectivity index (χ1) is 12.2. The Morgan fingerprint density at radius 1 is 1.37 bits per heavy atom. The molecule has 1 fully saturated rings. The number of sulfonamides is 1. The summed E-state index contributed by atoms with van der Waals surface area (Å²) in [4.78, 5) is 25.0. The van der Waals surface area contributed by atoms with E-state index in [1.807, 2.05) is 0 Å². The third-order valence-electron chi connectivity index (χ3n) is 4.20. The zero-order valence-electron chi connectivity index (χ0n) is 15.3. The summed E-state index contributed by atoms with van der Waals surface area (Å²) >= 11 is 0. The number of amides is 1. The van der Waals surface area contributed by atoms with Crippen LogP contribution >= 0.6 is 12.4 Å². The molecule has 2 N–H and O–H groups in total. The lowest BCUT2D eigenvalue weighted by atomic mass is 10.2. The van der Waals surface area contributed by atoms with Crippen LogP contribution in [-0.2, 0) is 19.6 Å². The van der Waals surface area contributed by atoms with Crippen molar-refractivity contribution in [2.75, 3.05) is 39.6 Å². The molecule has 27 heavy (non-hydrogen) atoms. The maximum atomic E-state index is 12.4. The molecule has 0 aliphatic carbocycles. The smallest absolute Gasteiger partial charge is 0.320 e. The van der Waals surface area contributed by atoms with Crippen LogP contribution in [0, 0.1) is 0 Å². The Morgan fingerprint density at radius 2 is 2.04 bits per heavy atom. The van der Waals surface area contributed by atoms with Crippen molar-refractivity contribution in [2.45, 2.75) is 23.8 Å². The second kappa shape index (κ2) is 9.36. The Bertz CT molecular complexity index is 799. The summed E-state index contributed by atoms with van der Waals surface area (Å²) in [5.41, 5.74) is 0.294. The summed E-state index contributed by atoms with van der Waals surface area (Å²) in [5.74, 6) is -1.18. The largest absolute Gasteiger partial charge is 0.495 e. The molecule has 1 atom stereocenters. The van der Waals surface area contributed by atoms with Gasteiger partial charge in [-0.3, -0.25) is 14.5 Å². The maximum absolute atomic E-state index is 12.4. The number of carboxylic acids is 1. The normalized spacial score (nSPS) is 17.4. The second-order valence-corrected chi connectivity index (χ2v) is 8.29. The molecule has 152 valence electrons. The van der Waals surface area contributed by atoms with Crippen molar-refractivity contribution in [1.82, 2.24) is 9.21 Å². The van der Waals surface area contributed by atoms with Gasteiger partial charge in [0.2, 0.25) is 15.9 Å². The van der Waals surface area contributed by atoms with Crippen molar-refractivity contribution < 1.29 is 27.9 Å². The van der Waals surface area contributed by atoms with Gasteiger partial charge in [-0.25, -0.2) is 12.7 Å². The van der Waals surface area contributed by atoms with Crippen molar-refractivity contribution in [1.29, 1.82) is 0 Å². The molecule has 0 unspecified atom stereocenters. The van der Waals surface area contributed by atoms with Crippen molar-refractivity contribution in [2.24, 2.45) is 0 Å². The van der Waals surface area contributed by atoms with E-state index in [2.05, 4.69) is 5.32 Å². The van der Waals surface area contributed by atoms with Crippen LogP contribution in [-0.4, -0.2) is 74.9 Å². The van der Waals surface area contributed by atoms with Crippen LogP contribution in [0.4, 0.5) is 5.69 Å². The van der Waals surface area contributed by atoms with E-state index in [1.165, 1.54) is 39.4 Å². The van der Waals surface area contributed by atoms with Gasteiger partial charge in [0, 0.05) is 19.8 Å². The fourth-order valence-electron chi connectivity index (χ4n) is 2.83. The molecule has 0 bridgehead atoms. The van der Waals surface area contributed by atoms with E-state index in [-0.39, 0.29) is 29.6 Å². The fraction of sp³-hybridized carbons (Fsp3) is 0.500. The number of aliphatic carboxylic acids is 1. The van der Waals surface area contributed by atoms with Crippen LogP contribution in [0.3, 0.4) is 0 Å². The summed E-state index contributed by atoms with van der Waals surface area (Å²) in [6.45, 7) is 0.464. The van der Waals surface area contributed by atoms with Crippen molar-refractivity contribution in [3.8, 4) is 5.75 Å². The van der Waals surface area contributed by atoms with Crippen LogP contribution in [0.1, 0.15) is 12.8 Å². The molecule has 1 heterocycles. The number of halogens is 1. The minimum absolute atomic E-state index is 0. The predicted octanol–water partition coefficient (Wildman–Crippen LogP) is 0.855. The quantitative estimate of drug-likeness (QED) is 0.670. The minimum atomic E-state index is -3.75. The number of carbonyl (C=O) groups excluding carboxylic acids is 1. The van der Waals surface area contributed by atoms with E-state index in [4.69, 9.17) is 9.84 Å². The third-order valence-corrected chi connectivity index (χ3v) is 6.04. The molecule has 0 spiro atoms. The molecular weight excluding hydrogens is 398 g/mol. The van der Waals surface area contributed by atoms with Crippen LogP contribution in [0.5, 0.6) is 5.75 Å². The topological polar surface area (TPSA) is 116 Å². The molecule has 0 saturated carbocycles. The first-order valence-electron chi connectivity index (χ1n) is 8.04. The van der Waals surface area contributed by atoms with Gasteiger partial charge in [-0.15, -0.1) is 12.4 Å². The lowest BCUT2D eigenvalue weighted by molar-refractivity contribution is -0.142. The van der Waals surface area contributed by atoms with Gasteiger partial charge in [0.1, 0.15) is 16.7 Å². The average molecular weight is 422 g/mol. The Morgan fingerprint density at radius 3 is 2.59 bits per heavy atom. The summed E-state index contributed by atoms with van der Waals surface area (Å²) in [5, 5.41) is 11.8. The molecule has 1 aromatic rings. The molecule has 1 saturated heterocycles. The molecule has 0 aromatic heterocycles. The molecule has 2 rings (SSSR count). The Balaban J connectivity index is 0.00000364. The lowest BCUT2D eigenvalue weighted by Crippen LogP contribution is -2.40. The van der Waals surface area contributed by atoms with Crippen LogP contribution in [0.15, 0.2) is 23.1 Å². The van der Waals surface area contributed by atoms with Crippen LogP contribution in [0.25, 0.3) is 0 Å². The van der Waals surface area contributed by atoms with Gasteiger partial charge >= 0.3 is 5.97 Å². The minimum Gasteiger partial charge on any atom is -0.495 e. The molecule has 1 aliphatic rings. The monoisotopic (exact) mass is 421 g/mol. The highest BCUT2D eigenvalue weighted by molar-refractivity contribution is 7.89. The molecule has 11 heteroatoms. The van der Waals surface area contributed by atoms with Gasteiger partial charge < -0.3 is 15.2 Å². The Kier molecular flexibility index (Phi) is 8.03. The lowest BCUT2D eigenvalue weighted by Gasteiger charge is -2.20. The summed E-state index contributed by atoms with van der Waals surface area (Å²) in [6, 6.07) is 3.65. The zero-order chi connectivity index (χ0) is 19.5. The molecule has 1 aliphatic heterocycles. The Labute approximate surface area is 164 Å². The molecule has 1 aromatic carbocycles. The van der Waals surface area contributed by atoms with Crippen molar-refractivity contribution in [3.05, 3.63) is 18.2 Å². The number of hydrogen-bond donors (Lipinski definition) is 2. The molecular formula is C16H24ClN3O6S. The SMILES string of the molecule is COc1ccc(NC(=O)CN2CCC[C@H]2C(=O)O)cc1S(=O)(=O)N(C)C.Cl. The third kappa shape index (κ3) is 5.32. The summed E-state index contributed by atoms with van der Waals surface area (Å²) < 4.78 is 31.0. The number of carbonyl (C=O) groups is 2. The Hall–Kier alpha value is -1.88. The highest BCUT2D eigenvalue weighted by Gasteiger charge is 2.31. The average Bonchev–Trinajstić information content (AvgIpc) is 3.02. The highest BCUT2D eigenvalue weighted by Crippen LogP contribution is 2.29. The first-order valence-corrected chi connectivity index (χ1v) is 9.48. The zero-order valence-corrected chi connectivity index (χ0v) is 17.0. The number of methoxy groups -OCH3 is 1. The van der Waals surface area contributed by atoms with E-state index in [0.29, 0.717) is 18.7 Å².